The molecule has 7 nitrogen and oxygen atoms in total. The molecule has 0 saturated carbocycles. The minimum atomic E-state index is -0.890. The summed E-state index contributed by atoms with van der Waals surface area (Å²) >= 11 is 0. The van der Waals surface area contributed by atoms with Gasteiger partial charge in [0.15, 0.2) is 0 Å². The minimum absolute atomic E-state index is 0.0231. The van der Waals surface area contributed by atoms with Crippen molar-refractivity contribution in [3.8, 4) is 0 Å². The zero-order valence-electron chi connectivity index (χ0n) is 11.5. The fourth-order valence-corrected chi connectivity index (χ4v) is 1.93. The standard InChI is InChI=1S/C12H24N4O3/c1-15(8-3-11(17)18)12(19)14-4-2-7-16-9-5-13-6-10-16/h13H,2-10H2,1H3,(H,14,19)(H,17,18). The Bertz CT molecular complexity index is 293. The number of carbonyl (C=O) groups is 2. The average molecular weight is 272 g/mol. The van der Waals surface area contributed by atoms with Crippen LogP contribution in [0.3, 0.4) is 0 Å². The van der Waals surface area contributed by atoms with Crippen LogP contribution >= 0.6 is 0 Å². The molecule has 0 bridgehead atoms. The molecule has 0 unspecified atom stereocenters. The molecule has 0 atom stereocenters. The molecule has 3 N–H and O–H groups in total. The molecule has 110 valence electrons. The van der Waals surface area contributed by atoms with Gasteiger partial charge in [-0.3, -0.25) is 4.79 Å². The summed E-state index contributed by atoms with van der Waals surface area (Å²) < 4.78 is 0. The summed E-state index contributed by atoms with van der Waals surface area (Å²) in [5.74, 6) is -0.890. The lowest BCUT2D eigenvalue weighted by Gasteiger charge is -2.27. The van der Waals surface area contributed by atoms with E-state index in [0.29, 0.717) is 6.54 Å². The fraction of sp³-hybridized carbons (Fsp3) is 0.833. The molecular formula is C12H24N4O3. The number of piperazine rings is 1. The maximum atomic E-state index is 11.6. The topological polar surface area (TPSA) is 84.9 Å². The lowest BCUT2D eigenvalue weighted by Crippen LogP contribution is -2.44. The summed E-state index contributed by atoms with van der Waals surface area (Å²) in [6.07, 6.45) is 0.892. The highest BCUT2D eigenvalue weighted by Gasteiger charge is 2.11. The van der Waals surface area contributed by atoms with Crippen molar-refractivity contribution in [2.45, 2.75) is 12.8 Å². The van der Waals surface area contributed by atoms with Crippen molar-refractivity contribution in [2.75, 3.05) is 52.9 Å². The molecule has 1 heterocycles. The average Bonchev–Trinajstić information content (AvgIpc) is 2.41. The van der Waals surface area contributed by atoms with Gasteiger partial charge in [0.05, 0.1) is 6.42 Å². The van der Waals surface area contributed by atoms with E-state index in [1.165, 1.54) is 4.90 Å². The van der Waals surface area contributed by atoms with E-state index in [0.717, 1.165) is 39.1 Å². The van der Waals surface area contributed by atoms with Crippen LogP contribution in [0, 0.1) is 0 Å². The Hall–Kier alpha value is -1.34. The van der Waals surface area contributed by atoms with E-state index < -0.39 is 5.97 Å². The van der Waals surface area contributed by atoms with Crippen molar-refractivity contribution in [3.63, 3.8) is 0 Å². The third-order valence-corrected chi connectivity index (χ3v) is 3.14. The van der Waals surface area contributed by atoms with Gasteiger partial charge in [-0.2, -0.15) is 0 Å². The van der Waals surface area contributed by atoms with Gasteiger partial charge in [0, 0.05) is 46.3 Å². The molecule has 0 radical (unpaired) electrons. The van der Waals surface area contributed by atoms with Gasteiger partial charge in [0.2, 0.25) is 0 Å². The highest BCUT2D eigenvalue weighted by molar-refractivity contribution is 5.74. The highest BCUT2D eigenvalue weighted by atomic mass is 16.4. The van der Waals surface area contributed by atoms with E-state index in [1.54, 1.807) is 7.05 Å². The van der Waals surface area contributed by atoms with Gasteiger partial charge in [0.25, 0.3) is 0 Å². The van der Waals surface area contributed by atoms with Crippen LogP contribution in [-0.4, -0.2) is 79.8 Å². The molecule has 1 saturated heterocycles. The quantitative estimate of drug-likeness (QED) is 0.539. The van der Waals surface area contributed by atoms with Crippen molar-refractivity contribution in [1.82, 2.24) is 20.4 Å². The van der Waals surface area contributed by atoms with Crippen LogP contribution in [0.4, 0.5) is 4.79 Å². The molecule has 0 aromatic carbocycles. The molecule has 19 heavy (non-hydrogen) atoms. The van der Waals surface area contributed by atoms with Crippen LogP contribution in [0.5, 0.6) is 0 Å². The van der Waals surface area contributed by atoms with Crippen LogP contribution in [0.1, 0.15) is 12.8 Å². The third-order valence-electron chi connectivity index (χ3n) is 3.14. The number of carboxylic acids is 1. The Balaban J connectivity index is 2.04. The van der Waals surface area contributed by atoms with Gasteiger partial charge in [-0.25, -0.2) is 4.79 Å². The zero-order valence-corrected chi connectivity index (χ0v) is 11.5. The van der Waals surface area contributed by atoms with E-state index in [4.69, 9.17) is 5.11 Å². The summed E-state index contributed by atoms with van der Waals surface area (Å²) in [5.41, 5.74) is 0. The first-order valence-electron chi connectivity index (χ1n) is 6.73. The molecule has 0 aromatic rings. The number of carboxylic acid groups (broad SMARTS) is 1. The Kier molecular flexibility index (Phi) is 7.20. The second-order valence-electron chi connectivity index (χ2n) is 4.74. The summed E-state index contributed by atoms with van der Waals surface area (Å²) in [5, 5.41) is 14.6. The summed E-state index contributed by atoms with van der Waals surface area (Å²) in [7, 11) is 1.61. The fourth-order valence-electron chi connectivity index (χ4n) is 1.93. The van der Waals surface area contributed by atoms with Crippen molar-refractivity contribution in [3.05, 3.63) is 0 Å². The van der Waals surface area contributed by atoms with Gasteiger partial charge in [-0.05, 0) is 13.0 Å². The molecule has 2 amide bonds. The van der Waals surface area contributed by atoms with Gasteiger partial charge in [-0.1, -0.05) is 0 Å². The summed E-state index contributed by atoms with van der Waals surface area (Å²) in [6.45, 7) is 6.04. The number of aliphatic carboxylic acids is 1. The van der Waals surface area contributed by atoms with E-state index >= 15 is 0 Å². The molecule has 0 spiro atoms. The van der Waals surface area contributed by atoms with Crippen LogP contribution in [0.15, 0.2) is 0 Å². The Morgan fingerprint density at radius 3 is 2.68 bits per heavy atom. The van der Waals surface area contributed by atoms with E-state index in [1.807, 2.05) is 0 Å². The first-order chi connectivity index (χ1) is 9.09. The molecule has 1 rings (SSSR count). The predicted molar refractivity (Wildman–Crippen MR) is 72.2 cm³/mol. The lowest BCUT2D eigenvalue weighted by molar-refractivity contribution is -0.137. The van der Waals surface area contributed by atoms with Gasteiger partial charge >= 0.3 is 12.0 Å². The number of carbonyl (C=O) groups excluding carboxylic acids is 1. The van der Waals surface area contributed by atoms with Crippen molar-refractivity contribution < 1.29 is 14.7 Å². The number of nitrogens with one attached hydrogen (secondary N) is 2. The second-order valence-corrected chi connectivity index (χ2v) is 4.74. The molecule has 0 aromatic heterocycles. The maximum absolute atomic E-state index is 11.6. The first kappa shape index (κ1) is 15.7. The largest absolute Gasteiger partial charge is 0.481 e. The van der Waals surface area contributed by atoms with Crippen LogP contribution in [-0.2, 0) is 4.79 Å². The van der Waals surface area contributed by atoms with Crippen LogP contribution in [0.25, 0.3) is 0 Å². The molecule has 1 aliphatic heterocycles. The number of amides is 2. The van der Waals surface area contributed by atoms with Gasteiger partial charge in [0.1, 0.15) is 0 Å². The van der Waals surface area contributed by atoms with Crippen LogP contribution in [0.2, 0.25) is 0 Å². The van der Waals surface area contributed by atoms with Crippen molar-refractivity contribution >= 4 is 12.0 Å². The summed E-state index contributed by atoms with van der Waals surface area (Å²) in [6, 6.07) is -0.207. The van der Waals surface area contributed by atoms with Crippen molar-refractivity contribution in [2.24, 2.45) is 0 Å². The molecular weight excluding hydrogens is 248 g/mol. The molecule has 0 aliphatic carbocycles. The SMILES string of the molecule is CN(CCC(=O)O)C(=O)NCCCN1CCNCC1. The molecule has 1 fully saturated rings. The molecule has 1 aliphatic rings. The summed E-state index contributed by atoms with van der Waals surface area (Å²) in [4.78, 5) is 25.8. The number of rotatable bonds is 7. The normalized spacial score (nSPS) is 16.1. The van der Waals surface area contributed by atoms with Gasteiger partial charge in [-0.15, -0.1) is 0 Å². The monoisotopic (exact) mass is 272 g/mol. The lowest BCUT2D eigenvalue weighted by atomic mass is 10.3. The smallest absolute Gasteiger partial charge is 0.317 e. The Morgan fingerprint density at radius 1 is 1.37 bits per heavy atom. The van der Waals surface area contributed by atoms with E-state index in [2.05, 4.69) is 15.5 Å². The third kappa shape index (κ3) is 6.97. The number of nitrogens with zero attached hydrogens (tertiary/aromatic N) is 2. The van der Waals surface area contributed by atoms with E-state index in [-0.39, 0.29) is 19.0 Å². The van der Waals surface area contributed by atoms with Crippen LogP contribution < -0.4 is 10.6 Å². The van der Waals surface area contributed by atoms with Crippen molar-refractivity contribution in [1.29, 1.82) is 0 Å². The zero-order chi connectivity index (χ0) is 14.1. The predicted octanol–water partition coefficient (Wildman–Crippen LogP) is -0.602. The second kappa shape index (κ2) is 8.71. The Labute approximate surface area is 113 Å². The number of hydrogen-bond acceptors (Lipinski definition) is 4. The van der Waals surface area contributed by atoms with E-state index in [9.17, 15) is 9.59 Å². The minimum Gasteiger partial charge on any atom is -0.481 e. The maximum Gasteiger partial charge on any atom is 0.317 e. The Morgan fingerprint density at radius 2 is 2.05 bits per heavy atom. The van der Waals surface area contributed by atoms with Gasteiger partial charge < -0.3 is 25.5 Å². The number of urea groups is 1. The number of hydrogen-bond donors (Lipinski definition) is 3. The highest BCUT2D eigenvalue weighted by Crippen LogP contribution is 1.94. The molecule has 7 heteroatoms. The first-order valence-corrected chi connectivity index (χ1v) is 6.73.